The van der Waals surface area contributed by atoms with E-state index in [1.165, 1.54) is 0 Å². The number of Topliss-reactive ketones (excluding diaryl/α,β-unsaturated/α-hetero) is 1. The third-order valence-electron chi connectivity index (χ3n) is 3.07. The molecule has 0 radical (unpaired) electrons. The maximum Gasteiger partial charge on any atom is 0.262 e. The van der Waals surface area contributed by atoms with Gasteiger partial charge in [0.2, 0.25) is 0 Å². The predicted molar refractivity (Wildman–Crippen MR) is 94.3 cm³/mol. The molecule has 0 aliphatic heterocycles. The summed E-state index contributed by atoms with van der Waals surface area (Å²) in [6.07, 6.45) is 0.455. The highest BCUT2D eigenvalue weighted by atomic mass is 79.9. The quantitative estimate of drug-likeness (QED) is 0.719. The normalized spacial score (nSPS) is 10.2. The van der Waals surface area contributed by atoms with Gasteiger partial charge in [-0.2, -0.15) is 0 Å². The maximum atomic E-state index is 11.9. The second-order valence-corrected chi connectivity index (χ2v) is 6.09. The van der Waals surface area contributed by atoms with Crippen LogP contribution in [0.25, 0.3) is 0 Å². The van der Waals surface area contributed by atoms with Crippen molar-refractivity contribution in [1.29, 1.82) is 0 Å². The first-order chi connectivity index (χ1) is 11.0. The lowest BCUT2D eigenvalue weighted by atomic mass is 10.1. The fourth-order valence-electron chi connectivity index (χ4n) is 1.87. The van der Waals surface area contributed by atoms with E-state index in [-0.39, 0.29) is 18.3 Å². The number of nitrogens with one attached hydrogen (secondary N) is 1. The van der Waals surface area contributed by atoms with Crippen LogP contribution >= 0.6 is 27.5 Å². The number of benzene rings is 2. The van der Waals surface area contributed by atoms with Crippen LogP contribution in [-0.4, -0.2) is 18.3 Å². The molecule has 2 aromatic rings. The molecule has 0 saturated heterocycles. The molecule has 6 heteroatoms. The van der Waals surface area contributed by atoms with E-state index < -0.39 is 0 Å². The highest BCUT2D eigenvalue weighted by Gasteiger charge is 2.08. The Morgan fingerprint density at radius 3 is 2.48 bits per heavy atom. The van der Waals surface area contributed by atoms with Crippen molar-refractivity contribution in [3.05, 3.63) is 57.5 Å². The first-order valence-corrected chi connectivity index (χ1v) is 8.17. The SMILES string of the molecule is CCC(=O)c1ccc(OCC(=O)Nc2ccc(Br)cc2Cl)cc1. The zero-order chi connectivity index (χ0) is 16.8. The van der Waals surface area contributed by atoms with E-state index in [9.17, 15) is 9.59 Å². The van der Waals surface area contributed by atoms with Crippen LogP contribution in [0.4, 0.5) is 5.69 Å². The first kappa shape index (κ1) is 17.5. The molecule has 0 unspecified atom stereocenters. The van der Waals surface area contributed by atoms with E-state index in [2.05, 4.69) is 21.2 Å². The van der Waals surface area contributed by atoms with Crippen molar-refractivity contribution in [3.63, 3.8) is 0 Å². The third kappa shape index (κ3) is 5.08. The van der Waals surface area contributed by atoms with Gasteiger partial charge in [-0.25, -0.2) is 0 Å². The Balaban J connectivity index is 1.90. The van der Waals surface area contributed by atoms with Gasteiger partial charge in [0.15, 0.2) is 12.4 Å². The van der Waals surface area contributed by atoms with Gasteiger partial charge in [0.05, 0.1) is 10.7 Å². The minimum absolute atomic E-state index is 0.0687. The van der Waals surface area contributed by atoms with E-state index >= 15 is 0 Å². The van der Waals surface area contributed by atoms with Crippen LogP contribution in [0.5, 0.6) is 5.75 Å². The summed E-state index contributed by atoms with van der Waals surface area (Å²) in [6, 6.07) is 11.9. The van der Waals surface area contributed by atoms with Crippen LogP contribution in [-0.2, 0) is 4.79 Å². The molecule has 120 valence electrons. The lowest BCUT2D eigenvalue weighted by molar-refractivity contribution is -0.118. The summed E-state index contributed by atoms with van der Waals surface area (Å²) in [5.41, 5.74) is 1.15. The number of hydrogen-bond acceptors (Lipinski definition) is 3. The number of ether oxygens (including phenoxy) is 1. The summed E-state index contributed by atoms with van der Waals surface area (Å²) in [4.78, 5) is 23.4. The Labute approximate surface area is 147 Å². The van der Waals surface area contributed by atoms with Crippen LogP contribution in [0.15, 0.2) is 46.9 Å². The van der Waals surface area contributed by atoms with E-state index in [1.54, 1.807) is 42.5 Å². The van der Waals surface area contributed by atoms with Crippen molar-refractivity contribution in [2.45, 2.75) is 13.3 Å². The van der Waals surface area contributed by atoms with Crippen molar-refractivity contribution in [3.8, 4) is 5.75 Å². The number of anilines is 1. The Bertz CT molecular complexity index is 716. The van der Waals surface area contributed by atoms with Gasteiger partial charge in [-0.1, -0.05) is 34.5 Å². The summed E-state index contributed by atoms with van der Waals surface area (Å²) in [5.74, 6) is 0.275. The average Bonchev–Trinajstić information content (AvgIpc) is 2.55. The number of amides is 1. The molecule has 0 bridgehead atoms. The molecule has 0 atom stereocenters. The second kappa shape index (κ2) is 8.13. The Kier molecular flexibility index (Phi) is 6.19. The molecule has 2 rings (SSSR count). The molecular formula is C17H15BrClNO3. The van der Waals surface area contributed by atoms with E-state index in [0.717, 1.165) is 4.47 Å². The standard InChI is InChI=1S/C17H15BrClNO3/c1-2-16(21)11-3-6-13(7-4-11)23-10-17(22)20-15-8-5-12(18)9-14(15)19/h3-9H,2,10H2,1H3,(H,20,22). The van der Waals surface area contributed by atoms with Crippen LogP contribution in [0.2, 0.25) is 5.02 Å². The number of carbonyl (C=O) groups is 2. The molecule has 1 N–H and O–H groups in total. The fourth-order valence-corrected chi connectivity index (χ4v) is 2.59. The Morgan fingerprint density at radius 2 is 1.87 bits per heavy atom. The molecule has 0 fully saturated rings. The van der Waals surface area contributed by atoms with Gasteiger partial charge in [0.1, 0.15) is 5.75 Å². The second-order valence-electron chi connectivity index (χ2n) is 4.76. The number of hydrogen-bond donors (Lipinski definition) is 1. The molecule has 0 aliphatic carbocycles. The van der Waals surface area contributed by atoms with Crippen molar-refractivity contribution in [1.82, 2.24) is 0 Å². The third-order valence-corrected chi connectivity index (χ3v) is 3.88. The van der Waals surface area contributed by atoms with Gasteiger partial charge in [0, 0.05) is 16.5 Å². The van der Waals surface area contributed by atoms with Crippen molar-refractivity contribution < 1.29 is 14.3 Å². The van der Waals surface area contributed by atoms with Gasteiger partial charge in [0.25, 0.3) is 5.91 Å². The van der Waals surface area contributed by atoms with Crippen LogP contribution < -0.4 is 10.1 Å². The molecule has 0 heterocycles. The van der Waals surface area contributed by atoms with Crippen molar-refractivity contribution >= 4 is 44.9 Å². The van der Waals surface area contributed by atoms with E-state index in [1.807, 2.05) is 6.92 Å². The Hall–Kier alpha value is -1.85. The predicted octanol–water partition coefficient (Wildman–Crippen LogP) is 4.71. The van der Waals surface area contributed by atoms with Gasteiger partial charge < -0.3 is 10.1 Å². The molecule has 4 nitrogen and oxygen atoms in total. The molecule has 0 aromatic heterocycles. The van der Waals surface area contributed by atoms with Crippen LogP contribution in [0, 0.1) is 0 Å². The summed E-state index contributed by atoms with van der Waals surface area (Å²) >= 11 is 9.33. The van der Waals surface area contributed by atoms with Gasteiger partial charge >= 0.3 is 0 Å². The van der Waals surface area contributed by atoms with Crippen molar-refractivity contribution in [2.75, 3.05) is 11.9 Å². The molecule has 2 aromatic carbocycles. The van der Waals surface area contributed by atoms with Gasteiger partial charge in [-0.05, 0) is 42.5 Å². The number of rotatable bonds is 6. The lowest BCUT2D eigenvalue weighted by Gasteiger charge is -2.09. The first-order valence-electron chi connectivity index (χ1n) is 7.00. The van der Waals surface area contributed by atoms with Gasteiger partial charge in [-0.3, -0.25) is 9.59 Å². The minimum Gasteiger partial charge on any atom is -0.484 e. The zero-order valence-corrected chi connectivity index (χ0v) is 14.8. The molecule has 0 spiro atoms. The van der Waals surface area contributed by atoms with E-state index in [4.69, 9.17) is 16.3 Å². The number of carbonyl (C=O) groups excluding carboxylic acids is 2. The molecule has 1 amide bonds. The zero-order valence-electron chi connectivity index (χ0n) is 12.4. The van der Waals surface area contributed by atoms with Crippen molar-refractivity contribution in [2.24, 2.45) is 0 Å². The topological polar surface area (TPSA) is 55.4 Å². The van der Waals surface area contributed by atoms with Crippen LogP contribution in [0.3, 0.4) is 0 Å². The monoisotopic (exact) mass is 395 g/mol. The van der Waals surface area contributed by atoms with E-state index in [0.29, 0.717) is 28.4 Å². The molecule has 0 aliphatic rings. The number of halogens is 2. The summed E-state index contributed by atoms with van der Waals surface area (Å²) in [6.45, 7) is 1.66. The average molecular weight is 397 g/mol. The fraction of sp³-hybridized carbons (Fsp3) is 0.176. The molecule has 23 heavy (non-hydrogen) atoms. The smallest absolute Gasteiger partial charge is 0.262 e. The van der Waals surface area contributed by atoms with Crippen LogP contribution in [0.1, 0.15) is 23.7 Å². The maximum absolute atomic E-state index is 11.9. The number of ketones is 1. The highest BCUT2D eigenvalue weighted by Crippen LogP contribution is 2.25. The molecular weight excluding hydrogens is 382 g/mol. The lowest BCUT2D eigenvalue weighted by Crippen LogP contribution is -2.20. The molecule has 0 saturated carbocycles. The highest BCUT2D eigenvalue weighted by molar-refractivity contribution is 9.10. The summed E-state index contributed by atoms with van der Waals surface area (Å²) in [7, 11) is 0. The largest absolute Gasteiger partial charge is 0.484 e. The Morgan fingerprint density at radius 1 is 1.17 bits per heavy atom. The summed E-state index contributed by atoms with van der Waals surface area (Å²) in [5, 5.41) is 3.12. The summed E-state index contributed by atoms with van der Waals surface area (Å²) < 4.78 is 6.23. The minimum atomic E-state index is -0.317. The van der Waals surface area contributed by atoms with Gasteiger partial charge in [-0.15, -0.1) is 0 Å².